The van der Waals surface area contributed by atoms with Gasteiger partial charge in [-0.3, -0.25) is 4.79 Å². The number of carbonyl (C=O) groups is 2. The summed E-state index contributed by atoms with van der Waals surface area (Å²) < 4.78 is 6.56. The lowest BCUT2D eigenvalue weighted by Gasteiger charge is -2.06. The number of methoxy groups -OCH3 is 1. The molecular weight excluding hydrogens is 420 g/mol. The number of esters is 1. The zero-order chi connectivity index (χ0) is 20.1. The van der Waals surface area contributed by atoms with Crippen LogP contribution in [0.4, 0.5) is 5.00 Å². The average molecular weight is 437 g/mol. The largest absolute Gasteiger partial charge is 0.465 e. The molecule has 3 aromatic rings. The van der Waals surface area contributed by atoms with E-state index in [9.17, 15) is 9.59 Å². The molecule has 146 valence electrons. The third kappa shape index (κ3) is 4.92. The Morgan fingerprint density at radius 1 is 1.25 bits per heavy atom. The van der Waals surface area contributed by atoms with Crippen molar-refractivity contribution < 1.29 is 14.3 Å². The number of thioether (sulfide) groups is 1. The van der Waals surface area contributed by atoms with E-state index in [1.165, 1.54) is 30.2 Å². The highest BCUT2D eigenvalue weighted by atomic mass is 35.5. The van der Waals surface area contributed by atoms with E-state index in [1.54, 1.807) is 11.4 Å². The standard InChI is InChI=1S/C18H17ClN4O3S2/c1-23-14(9-11-3-5-12(19)6-4-11)21-22-18(23)28-10-15(24)20-16-13(7-8-27-16)17(25)26-2/h3-8H,9-10H2,1-2H3,(H,20,24). The van der Waals surface area contributed by atoms with Crippen LogP contribution in [-0.4, -0.2) is 39.5 Å². The van der Waals surface area contributed by atoms with E-state index in [2.05, 4.69) is 15.5 Å². The van der Waals surface area contributed by atoms with Crippen molar-refractivity contribution in [2.45, 2.75) is 11.6 Å². The van der Waals surface area contributed by atoms with Crippen molar-refractivity contribution in [3.8, 4) is 0 Å². The molecule has 0 aliphatic carbocycles. The number of nitrogens with zero attached hydrogens (tertiary/aromatic N) is 3. The van der Waals surface area contributed by atoms with Crippen LogP contribution >= 0.6 is 34.7 Å². The maximum absolute atomic E-state index is 12.2. The topological polar surface area (TPSA) is 86.1 Å². The number of nitrogens with one attached hydrogen (secondary N) is 1. The maximum Gasteiger partial charge on any atom is 0.340 e. The molecule has 1 amide bonds. The van der Waals surface area contributed by atoms with Gasteiger partial charge in [-0.05, 0) is 29.1 Å². The predicted molar refractivity (Wildman–Crippen MR) is 110 cm³/mol. The van der Waals surface area contributed by atoms with Gasteiger partial charge in [-0.15, -0.1) is 21.5 Å². The maximum atomic E-state index is 12.2. The van der Waals surface area contributed by atoms with E-state index in [4.69, 9.17) is 16.3 Å². The fourth-order valence-electron chi connectivity index (χ4n) is 2.38. The summed E-state index contributed by atoms with van der Waals surface area (Å²) in [6.45, 7) is 0. The number of anilines is 1. The summed E-state index contributed by atoms with van der Waals surface area (Å²) in [6, 6.07) is 9.17. The zero-order valence-electron chi connectivity index (χ0n) is 15.1. The zero-order valence-corrected chi connectivity index (χ0v) is 17.5. The van der Waals surface area contributed by atoms with Crippen molar-refractivity contribution in [3.05, 3.63) is 57.7 Å². The number of thiophene rings is 1. The van der Waals surface area contributed by atoms with E-state index in [-0.39, 0.29) is 11.7 Å². The van der Waals surface area contributed by atoms with Crippen LogP contribution < -0.4 is 5.32 Å². The van der Waals surface area contributed by atoms with Gasteiger partial charge in [0.15, 0.2) is 5.16 Å². The number of rotatable bonds is 7. The Balaban J connectivity index is 1.58. The smallest absolute Gasteiger partial charge is 0.340 e. The predicted octanol–water partition coefficient (Wildman–Crippen LogP) is 3.64. The Morgan fingerprint density at radius 3 is 2.71 bits per heavy atom. The summed E-state index contributed by atoms with van der Waals surface area (Å²) in [6.07, 6.45) is 0.616. The van der Waals surface area contributed by atoms with E-state index in [1.807, 2.05) is 35.9 Å². The van der Waals surface area contributed by atoms with Crippen LogP contribution in [0.5, 0.6) is 0 Å². The third-order valence-corrected chi connectivity index (χ3v) is 5.96. The molecule has 3 rings (SSSR count). The lowest BCUT2D eigenvalue weighted by molar-refractivity contribution is -0.113. The van der Waals surface area contributed by atoms with Gasteiger partial charge in [-0.25, -0.2) is 4.79 Å². The van der Waals surface area contributed by atoms with Crippen LogP contribution in [-0.2, 0) is 23.0 Å². The van der Waals surface area contributed by atoms with Gasteiger partial charge in [0.1, 0.15) is 10.8 Å². The van der Waals surface area contributed by atoms with Crippen molar-refractivity contribution in [1.82, 2.24) is 14.8 Å². The molecule has 10 heteroatoms. The highest BCUT2D eigenvalue weighted by molar-refractivity contribution is 7.99. The molecule has 0 bridgehead atoms. The Hall–Kier alpha value is -2.36. The Bertz CT molecular complexity index is 985. The van der Waals surface area contributed by atoms with Crippen LogP contribution in [0, 0.1) is 0 Å². The normalized spacial score (nSPS) is 10.7. The van der Waals surface area contributed by atoms with Crippen molar-refractivity contribution in [1.29, 1.82) is 0 Å². The van der Waals surface area contributed by atoms with Crippen LogP contribution in [0.25, 0.3) is 0 Å². The first-order valence-corrected chi connectivity index (χ1v) is 10.4. The summed E-state index contributed by atoms with van der Waals surface area (Å²) in [5.74, 6) is 0.214. The molecule has 2 heterocycles. The summed E-state index contributed by atoms with van der Waals surface area (Å²) in [5, 5.41) is 14.6. The van der Waals surface area contributed by atoms with Gasteiger partial charge < -0.3 is 14.6 Å². The van der Waals surface area contributed by atoms with Gasteiger partial charge in [-0.2, -0.15) is 0 Å². The molecule has 0 saturated carbocycles. The Labute approximate surface area is 175 Å². The summed E-state index contributed by atoms with van der Waals surface area (Å²) in [5.41, 5.74) is 1.41. The molecule has 0 radical (unpaired) electrons. The lowest BCUT2D eigenvalue weighted by Crippen LogP contribution is -2.16. The Kier molecular flexibility index (Phi) is 6.71. The van der Waals surface area contributed by atoms with Gasteiger partial charge in [0.2, 0.25) is 5.91 Å². The number of halogens is 1. The second-order valence-corrected chi connectivity index (χ2v) is 8.05. The molecule has 7 nitrogen and oxygen atoms in total. The van der Waals surface area contributed by atoms with Gasteiger partial charge >= 0.3 is 5.97 Å². The fraction of sp³-hybridized carbons (Fsp3) is 0.222. The van der Waals surface area contributed by atoms with Gasteiger partial charge in [0, 0.05) is 18.5 Å². The van der Waals surface area contributed by atoms with Crippen LogP contribution in [0.15, 0.2) is 40.9 Å². The second kappa shape index (κ2) is 9.22. The van der Waals surface area contributed by atoms with Crippen LogP contribution in [0.3, 0.4) is 0 Å². The van der Waals surface area contributed by atoms with E-state index in [0.29, 0.717) is 27.2 Å². The number of amides is 1. The highest BCUT2D eigenvalue weighted by Gasteiger charge is 2.17. The van der Waals surface area contributed by atoms with Crippen molar-refractivity contribution >= 4 is 51.6 Å². The van der Waals surface area contributed by atoms with Crippen molar-refractivity contribution in [3.63, 3.8) is 0 Å². The highest BCUT2D eigenvalue weighted by Crippen LogP contribution is 2.25. The molecule has 0 aliphatic heterocycles. The first-order valence-electron chi connectivity index (χ1n) is 8.19. The monoisotopic (exact) mass is 436 g/mol. The molecule has 0 saturated heterocycles. The third-order valence-electron chi connectivity index (χ3n) is 3.86. The van der Waals surface area contributed by atoms with Gasteiger partial charge in [-0.1, -0.05) is 35.5 Å². The van der Waals surface area contributed by atoms with Crippen molar-refractivity contribution in [2.24, 2.45) is 7.05 Å². The summed E-state index contributed by atoms with van der Waals surface area (Å²) >= 11 is 8.45. The molecule has 0 spiro atoms. The fourth-order valence-corrected chi connectivity index (χ4v) is 4.03. The minimum Gasteiger partial charge on any atom is -0.465 e. The SMILES string of the molecule is COC(=O)c1ccsc1NC(=O)CSc1nnc(Cc2ccc(Cl)cc2)n1C. The number of hydrogen-bond donors (Lipinski definition) is 1. The lowest BCUT2D eigenvalue weighted by atomic mass is 10.1. The van der Waals surface area contributed by atoms with E-state index >= 15 is 0 Å². The molecule has 2 aromatic heterocycles. The molecular formula is C18H17ClN4O3S2. The molecule has 28 heavy (non-hydrogen) atoms. The number of aromatic nitrogens is 3. The number of ether oxygens (including phenoxy) is 1. The molecule has 0 aliphatic rings. The quantitative estimate of drug-likeness (QED) is 0.449. The molecule has 1 N–H and O–H groups in total. The first-order chi connectivity index (χ1) is 13.5. The number of hydrogen-bond acceptors (Lipinski definition) is 7. The second-order valence-electron chi connectivity index (χ2n) is 5.75. The van der Waals surface area contributed by atoms with Gasteiger partial charge in [0.25, 0.3) is 0 Å². The molecule has 1 aromatic carbocycles. The van der Waals surface area contributed by atoms with Crippen molar-refractivity contribution in [2.75, 3.05) is 18.2 Å². The Morgan fingerprint density at radius 2 is 2.00 bits per heavy atom. The minimum atomic E-state index is -0.482. The molecule has 0 unspecified atom stereocenters. The average Bonchev–Trinajstić information content (AvgIpc) is 3.28. The number of benzene rings is 1. The molecule has 0 atom stereocenters. The minimum absolute atomic E-state index is 0.144. The van der Waals surface area contributed by atoms with Crippen LogP contribution in [0.1, 0.15) is 21.7 Å². The van der Waals surface area contributed by atoms with E-state index < -0.39 is 5.97 Å². The van der Waals surface area contributed by atoms with Crippen LogP contribution in [0.2, 0.25) is 5.02 Å². The summed E-state index contributed by atoms with van der Waals surface area (Å²) in [4.78, 5) is 23.9. The number of carbonyl (C=O) groups excluding carboxylic acids is 2. The molecule has 0 fully saturated rings. The summed E-state index contributed by atoms with van der Waals surface area (Å²) in [7, 11) is 3.16. The van der Waals surface area contributed by atoms with Gasteiger partial charge in [0.05, 0.1) is 18.4 Å². The first kappa shape index (κ1) is 20.4. The van der Waals surface area contributed by atoms with E-state index in [0.717, 1.165) is 11.4 Å².